The van der Waals surface area contributed by atoms with E-state index in [1.54, 1.807) is 18.2 Å². The molecule has 0 aliphatic heterocycles. The second-order valence-electron chi connectivity index (χ2n) is 4.52. The zero-order valence-electron chi connectivity index (χ0n) is 11.3. The van der Waals surface area contributed by atoms with Crippen molar-refractivity contribution in [2.75, 3.05) is 0 Å². The van der Waals surface area contributed by atoms with E-state index in [2.05, 4.69) is 21.1 Å². The number of hydrogen-bond acceptors (Lipinski definition) is 3. The first-order valence-corrected chi connectivity index (χ1v) is 6.95. The molecular weight excluding hydrogens is 339 g/mol. The molecule has 0 amide bonds. The molecule has 0 unspecified atom stereocenters. The Hall–Kier alpha value is -2.08. The largest absolute Gasteiger partial charge is 0.489 e. The number of nitrogens with zero attached hydrogens (tertiary/aromatic N) is 1. The van der Waals surface area contributed by atoms with Crippen LogP contribution in [0.25, 0.3) is 0 Å². The van der Waals surface area contributed by atoms with Gasteiger partial charge in [0.05, 0.1) is 0 Å². The molecule has 2 rings (SSSR count). The van der Waals surface area contributed by atoms with Gasteiger partial charge in [0.2, 0.25) is 0 Å². The molecule has 0 fully saturated rings. The zero-order chi connectivity index (χ0) is 15.4. The van der Waals surface area contributed by atoms with E-state index >= 15 is 0 Å². The van der Waals surface area contributed by atoms with Crippen LogP contribution in [0, 0.1) is 12.7 Å². The third-order valence-corrected chi connectivity index (χ3v) is 3.43. The summed E-state index contributed by atoms with van der Waals surface area (Å²) in [5, 5.41) is 11.6. The third kappa shape index (κ3) is 3.95. The van der Waals surface area contributed by atoms with Crippen molar-refractivity contribution in [3.8, 4) is 5.75 Å². The highest BCUT2D eigenvalue weighted by molar-refractivity contribution is 9.10. The Morgan fingerprint density at radius 1 is 1.33 bits per heavy atom. The van der Waals surface area contributed by atoms with E-state index in [-0.39, 0.29) is 11.7 Å². The van der Waals surface area contributed by atoms with Crippen molar-refractivity contribution in [3.05, 3.63) is 63.4 Å². The van der Waals surface area contributed by atoms with Crippen LogP contribution in [-0.2, 0) is 6.61 Å². The molecule has 0 saturated carbocycles. The minimum Gasteiger partial charge on any atom is -0.489 e. The molecule has 0 radical (unpaired) electrons. The van der Waals surface area contributed by atoms with E-state index < -0.39 is 0 Å². The van der Waals surface area contributed by atoms with E-state index in [9.17, 15) is 4.39 Å². The molecular formula is C15H14BrFN2O2. The van der Waals surface area contributed by atoms with Crippen LogP contribution in [-0.4, -0.2) is 11.0 Å². The van der Waals surface area contributed by atoms with Crippen molar-refractivity contribution < 1.29 is 14.3 Å². The fourth-order valence-corrected chi connectivity index (χ4v) is 2.29. The van der Waals surface area contributed by atoms with Gasteiger partial charge in [-0.05, 0) is 36.2 Å². The van der Waals surface area contributed by atoms with Gasteiger partial charge in [-0.2, -0.15) is 0 Å². The van der Waals surface area contributed by atoms with Gasteiger partial charge in [-0.1, -0.05) is 33.2 Å². The first-order valence-electron chi connectivity index (χ1n) is 6.16. The molecule has 0 aliphatic carbocycles. The van der Waals surface area contributed by atoms with Crippen molar-refractivity contribution in [2.24, 2.45) is 10.9 Å². The Kier molecular flexibility index (Phi) is 4.80. The number of aryl methyl sites for hydroxylation is 1. The highest BCUT2D eigenvalue weighted by Gasteiger charge is 2.06. The Labute approximate surface area is 130 Å². The summed E-state index contributed by atoms with van der Waals surface area (Å²) in [6.07, 6.45) is 0. The molecule has 21 heavy (non-hydrogen) atoms. The number of nitrogens with two attached hydrogens (primary N) is 1. The lowest BCUT2D eigenvalue weighted by molar-refractivity contribution is 0.303. The number of benzene rings is 2. The van der Waals surface area contributed by atoms with Crippen LogP contribution in [0.5, 0.6) is 5.75 Å². The first kappa shape index (κ1) is 15.3. The average Bonchev–Trinajstić information content (AvgIpc) is 2.44. The molecule has 2 aromatic rings. The van der Waals surface area contributed by atoms with E-state index in [1.165, 1.54) is 12.1 Å². The van der Waals surface area contributed by atoms with Gasteiger partial charge in [-0.3, -0.25) is 0 Å². The van der Waals surface area contributed by atoms with Gasteiger partial charge in [0.15, 0.2) is 5.84 Å². The van der Waals surface area contributed by atoms with E-state index in [0.29, 0.717) is 22.4 Å². The minimum atomic E-state index is -0.363. The monoisotopic (exact) mass is 352 g/mol. The summed E-state index contributed by atoms with van der Waals surface area (Å²) in [6, 6.07) is 9.76. The molecule has 3 N–H and O–H groups in total. The highest BCUT2D eigenvalue weighted by atomic mass is 79.9. The van der Waals surface area contributed by atoms with Crippen molar-refractivity contribution in [1.29, 1.82) is 0 Å². The molecule has 0 aromatic heterocycles. The summed E-state index contributed by atoms with van der Waals surface area (Å²) in [7, 11) is 0. The Balaban J connectivity index is 2.13. The fraction of sp³-hybridized carbons (Fsp3) is 0.133. The average molecular weight is 353 g/mol. The van der Waals surface area contributed by atoms with Crippen LogP contribution in [0.2, 0.25) is 0 Å². The topological polar surface area (TPSA) is 67.8 Å². The molecule has 4 nitrogen and oxygen atoms in total. The Bertz CT molecular complexity index is 669. The van der Waals surface area contributed by atoms with Crippen molar-refractivity contribution in [2.45, 2.75) is 13.5 Å². The SMILES string of the molecule is Cc1cc(/C(N)=N/O)ccc1COc1cc(F)cc(Br)c1. The number of hydrogen-bond donors (Lipinski definition) is 2. The van der Waals surface area contributed by atoms with Gasteiger partial charge in [0.1, 0.15) is 18.2 Å². The number of rotatable bonds is 4. The summed E-state index contributed by atoms with van der Waals surface area (Å²) < 4.78 is 19.5. The summed E-state index contributed by atoms with van der Waals surface area (Å²) in [5.74, 6) is 0.139. The van der Waals surface area contributed by atoms with Crippen LogP contribution in [0.1, 0.15) is 16.7 Å². The van der Waals surface area contributed by atoms with Gasteiger partial charge in [0, 0.05) is 16.1 Å². The maximum Gasteiger partial charge on any atom is 0.170 e. The lowest BCUT2D eigenvalue weighted by atomic mass is 10.1. The first-order chi connectivity index (χ1) is 9.99. The fourth-order valence-electron chi connectivity index (χ4n) is 1.85. The van der Waals surface area contributed by atoms with Crippen LogP contribution < -0.4 is 10.5 Å². The normalized spacial score (nSPS) is 11.5. The van der Waals surface area contributed by atoms with Gasteiger partial charge < -0.3 is 15.7 Å². The predicted octanol–water partition coefficient (Wildman–Crippen LogP) is 3.57. The van der Waals surface area contributed by atoms with Gasteiger partial charge >= 0.3 is 0 Å². The van der Waals surface area contributed by atoms with E-state index in [1.807, 2.05) is 13.0 Å². The lowest BCUT2D eigenvalue weighted by Crippen LogP contribution is -2.13. The Morgan fingerprint density at radius 2 is 2.10 bits per heavy atom. The third-order valence-electron chi connectivity index (χ3n) is 2.98. The highest BCUT2D eigenvalue weighted by Crippen LogP contribution is 2.22. The molecule has 0 saturated heterocycles. The van der Waals surface area contributed by atoms with Crippen molar-refractivity contribution >= 4 is 21.8 Å². The lowest BCUT2D eigenvalue weighted by Gasteiger charge is -2.10. The molecule has 2 aromatic carbocycles. The number of ether oxygens (including phenoxy) is 1. The second-order valence-corrected chi connectivity index (χ2v) is 5.44. The quantitative estimate of drug-likeness (QED) is 0.382. The maximum atomic E-state index is 13.3. The molecule has 110 valence electrons. The molecule has 0 aliphatic rings. The summed E-state index contributed by atoms with van der Waals surface area (Å²) in [5.41, 5.74) is 8.04. The number of amidine groups is 1. The van der Waals surface area contributed by atoms with Gasteiger partial charge in [-0.15, -0.1) is 0 Å². The van der Waals surface area contributed by atoms with Crippen molar-refractivity contribution in [1.82, 2.24) is 0 Å². The molecule has 0 bridgehead atoms. The number of halogens is 2. The summed E-state index contributed by atoms with van der Waals surface area (Å²) >= 11 is 3.22. The summed E-state index contributed by atoms with van der Waals surface area (Å²) in [4.78, 5) is 0. The maximum absolute atomic E-state index is 13.3. The van der Waals surface area contributed by atoms with Crippen molar-refractivity contribution in [3.63, 3.8) is 0 Å². The molecule has 0 spiro atoms. The summed E-state index contributed by atoms with van der Waals surface area (Å²) in [6.45, 7) is 2.20. The van der Waals surface area contributed by atoms with Gasteiger partial charge in [0.25, 0.3) is 0 Å². The number of oxime groups is 1. The van der Waals surface area contributed by atoms with Crippen LogP contribution in [0.15, 0.2) is 46.0 Å². The molecule has 0 heterocycles. The minimum absolute atomic E-state index is 0.0552. The van der Waals surface area contributed by atoms with Crippen LogP contribution in [0.3, 0.4) is 0 Å². The molecule has 6 heteroatoms. The van der Waals surface area contributed by atoms with E-state index in [4.69, 9.17) is 15.7 Å². The zero-order valence-corrected chi connectivity index (χ0v) is 12.9. The smallest absolute Gasteiger partial charge is 0.170 e. The Morgan fingerprint density at radius 3 is 2.71 bits per heavy atom. The standard InChI is InChI=1S/C15H14BrFN2O2/c1-9-4-10(15(18)19-20)2-3-11(9)8-21-14-6-12(16)5-13(17)7-14/h2-7,20H,8H2,1H3,(H2,18,19). The molecule has 0 atom stereocenters. The van der Waals surface area contributed by atoms with Crippen LogP contribution in [0.4, 0.5) is 4.39 Å². The van der Waals surface area contributed by atoms with Gasteiger partial charge in [-0.25, -0.2) is 4.39 Å². The predicted molar refractivity (Wildman–Crippen MR) is 82.1 cm³/mol. The van der Waals surface area contributed by atoms with Crippen LogP contribution >= 0.6 is 15.9 Å². The second kappa shape index (κ2) is 6.58. The van der Waals surface area contributed by atoms with E-state index in [0.717, 1.165) is 11.1 Å².